The summed E-state index contributed by atoms with van der Waals surface area (Å²) in [6.07, 6.45) is 2.89. The molecule has 0 aliphatic heterocycles. The van der Waals surface area contributed by atoms with Gasteiger partial charge in [0.2, 0.25) is 11.7 Å². The molecule has 0 aliphatic rings. The summed E-state index contributed by atoms with van der Waals surface area (Å²) in [5.41, 5.74) is 6.12. The molecule has 1 aromatic carbocycles. The number of carbonyl (C=O) groups excluding carboxylic acids is 2. The quantitative estimate of drug-likeness (QED) is 0.708. The van der Waals surface area contributed by atoms with E-state index in [0.717, 1.165) is 0 Å². The molecule has 0 radical (unpaired) electrons. The number of nitrogens with zero attached hydrogens (tertiary/aromatic N) is 5. The van der Waals surface area contributed by atoms with E-state index in [1.54, 1.807) is 25.1 Å². The van der Waals surface area contributed by atoms with Crippen LogP contribution in [-0.4, -0.2) is 36.4 Å². The van der Waals surface area contributed by atoms with E-state index in [1.807, 2.05) is 6.07 Å². The van der Waals surface area contributed by atoms with Gasteiger partial charge in [0, 0.05) is 6.20 Å². The van der Waals surface area contributed by atoms with Crippen molar-refractivity contribution in [3.63, 3.8) is 0 Å². The summed E-state index contributed by atoms with van der Waals surface area (Å²) in [4.78, 5) is 27.3. The number of benzene rings is 1. The monoisotopic (exact) mass is 359 g/mol. The molecule has 2 amide bonds. The predicted octanol–water partition coefficient (Wildman–Crippen LogP) is 1.16. The Morgan fingerprint density at radius 1 is 1.32 bits per heavy atom. The van der Waals surface area contributed by atoms with E-state index >= 15 is 0 Å². The predicted molar refractivity (Wildman–Crippen MR) is 90.5 cm³/mol. The largest absolute Gasteiger partial charge is 0.368 e. The number of amides is 2. The first-order chi connectivity index (χ1) is 11.9. The van der Waals surface area contributed by atoms with Gasteiger partial charge in [-0.1, -0.05) is 23.7 Å². The van der Waals surface area contributed by atoms with Crippen LogP contribution in [0.1, 0.15) is 16.4 Å². The van der Waals surface area contributed by atoms with E-state index in [0.29, 0.717) is 22.2 Å². The second-order valence-corrected chi connectivity index (χ2v) is 5.60. The van der Waals surface area contributed by atoms with Gasteiger partial charge in [-0.3, -0.25) is 14.3 Å². The number of para-hydroxylation sites is 1. The number of nitrogens with one attached hydrogen (secondary N) is 1. The summed E-state index contributed by atoms with van der Waals surface area (Å²) in [5, 5.41) is 11.2. The van der Waals surface area contributed by atoms with Crippen LogP contribution < -0.4 is 11.1 Å². The van der Waals surface area contributed by atoms with Crippen molar-refractivity contribution in [2.24, 2.45) is 5.73 Å². The van der Waals surface area contributed by atoms with Gasteiger partial charge in [-0.25, -0.2) is 9.67 Å². The Hall–Kier alpha value is -3.20. The second-order valence-electron chi connectivity index (χ2n) is 5.19. The molecule has 2 aromatic heterocycles. The molecule has 0 bridgehead atoms. The van der Waals surface area contributed by atoms with Crippen LogP contribution in [0.2, 0.25) is 5.02 Å². The van der Waals surface area contributed by atoms with Crippen molar-refractivity contribution in [1.29, 1.82) is 0 Å². The lowest BCUT2D eigenvalue weighted by molar-refractivity contribution is -0.118. The van der Waals surface area contributed by atoms with E-state index in [1.165, 1.54) is 21.8 Å². The van der Waals surface area contributed by atoms with Crippen LogP contribution in [0, 0.1) is 6.92 Å². The lowest BCUT2D eigenvalue weighted by Crippen LogP contribution is -2.18. The summed E-state index contributed by atoms with van der Waals surface area (Å²) >= 11 is 6.16. The average molecular weight is 360 g/mol. The van der Waals surface area contributed by atoms with Crippen molar-refractivity contribution in [2.75, 3.05) is 5.32 Å². The highest BCUT2D eigenvalue weighted by molar-refractivity contribution is 6.32. The fourth-order valence-corrected chi connectivity index (χ4v) is 2.41. The van der Waals surface area contributed by atoms with Gasteiger partial charge in [0.25, 0.3) is 5.91 Å². The smallest absolute Gasteiger partial charge is 0.295 e. The third-order valence-electron chi connectivity index (χ3n) is 3.26. The maximum atomic E-state index is 12.3. The first kappa shape index (κ1) is 16.7. The van der Waals surface area contributed by atoms with Gasteiger partial charge in [0.1, 0.15) is 12.4 Å². The van der Waals surface area contributed by atoms with Crippen LogP contribution in [0.5, 0.6) is 0 Å². The molecule has 0 spiro atoms. The molecule has 0 aliphatic carbocycles. The molecule has 3 rings (SSSR count). The lowest BCUT2D eigenvalue weighted by Gasteiger charge is -2.04. The fraction of sp³-hybridized carbons (Fsp3) is 0.133. The third kappa shape index (κ3) is 3.66. The summed E-state index contributed by atoms with van der Waals surface area (Å²) in [6, 6.07) is 7.12. The molecule has 2 heterocycles. The molecule has 0 unspecified atom stereocenters. The normalized spacial score (nSPS) is 10.6. The van der Waals surface area contributed by atoms with E-state index in [2.05, 4.69) is 20.5 Å². The Morgan fingerprint density at radius 3 is 2.80 bits per heavy atom. The van der Waals surface area contributed by atoms with E-state index in [9.17, 15) is 9.59 Å². The van der Waals surface area contributed by atoms with Crippen molar-refractivity contribution in [3.8, 4) is 5.69 Å². The Labute approximate surface area is 147 Å². The number of hydrogen-bond acceptors (Lipinski definition) is 5. The van der Waals surface area contributed by atoms with E-state index in [-0.39, 0.29) is 12.4 Å². The van der Waals surface area contributed by atoms with Gasteiger partial charge in [-0.05, 0) is 19.1 Å². The molecule has 3 aromatic rings. The molecule has 25 heavy (non-hydrogen) atoms. The molecule has 9 nitrogen and oxygen atoms in total. The maximum absolute atomic E-state index is 12.3. The number of nitrogens with two attached hydrogens (primary N) is 1. The van der Waals surface area contributed by atoms with Gasteiger partial charge in [0.15, 0.2) is 0 Å². The summed E-state index contributed by atoms with van der Waals surface area (Å²) in [6.45, 7) is 1.65. The SMILES string of the molecule is Cc1nc(C(=O)Nc2cnn(CC(N)=O)c2)nn1-c1ccccc1Cl. The maximum Gasteiger partial charge on any atom is 0.295 e. The zero-order chi connectivity index (χ0) is 18.0. The molecule has 0 saturated carbocycles. The highest BCUT2D eigenvalue weighted by atomic mass is 35.5. The van der Waals surface area contributed by atoms with E-state index in [4.69, 9.17) is 17.3 Å². The first-order valence-corrected chi connectivity index (χ1v) is 7.62. The van der Waals surface area contributed by atoms with Crippen molar-refractivity contribution in [3.05, 3.63) is 53.3 Å². The summed E-state index contributed by atoms with van der Waals surface area (Å²) < 4.78 is 2.81. The number of carbonyl (C=O) groups is 2. The topological polar surface area (TPSA) is 121 Å². The summed E-state index contributed by atoms with van der Waals surface area (Å²) in [5.74, 6) is -0.535. The van der Waals surface area contributed by atoms with Crippen molar-refractivity contribution in [1.82, 2.24) is 24.5 Å². The zero-order valence-corrected chi connectivity index (χ0v) is 13.9. The fourth-order valence-electron chi connectivity index (χ4n) is 2.20. The molecule has 3 N–H and O–H groups in total. The Morgan fingerprint density at radius 2 is 2.08 bits per heavy atom. The number of anilines is 1. The number of rotatable bonds is 5. The molecule has 128 valence electrons. The number of aryl methyl sites for hydroxylation is 1. The van der Waals surface area contributed by atoms with Crippen molar-refractivity contribution < 1.29 is 9.59 Å². The highest BCUT2D eigenvalue weighted by Crippen LogP contribution is 2.20. The molecular weight excluding hydrogens is 346 g/mol. The third-order valence-corrected chi connectivity index (χ3v) is 3.58. The highest BCUT2D eigenvalue weighted by Gasteiger charge is 2.17. The van der Waals surface area contributed by atoms with Gasteiger partial charge in [-0.15, -0.1) is 5.10 Å². The van der Waals surface area contributed by atoms with Gasteiger partial charge < -0.3 is 11.1 Å². The van der Waals surface area contributed by atoms with E-state index < -0.39 is 11.8 Å². The van der Waals surface area contributed by atoms with Crippen LogP contribution in [0.4, 0.5) is 5.69 Å². The van der Waals surface area contributed by atoms with Crippen LogP contribution >= 0.6 is 11.6 Å². The minimum atomic E-state index is -0.531. The Kier molecular flexibility index (Phi) is 4.48. The molecule has 0 fully saturated rings. The number of hydrogen-bond donors (Lipinski definition) is 2. The van der Waals surface area contributed by atoms with Gasteiger partial charge in [0.05, 0.1) is 22.6 Å². The molecule has 10 heteroatoms. The minimum absolute atomic E-state index is 0.0138. The number of primary amides is 1. The van der Waals surface area contributed by atoms with Crippen LogP contribution in [0.15, 0.2) is 36.7 Å². The number of halogens is 1. The van der Waals surface area contributed by atoms with Gasteiger partial charge in [-0.2, -0.15) is 5.10 Å². The van der Waals surface area contributed by atoms with Crippen molar-refractivity contribution in [2.45, 2.75) is 13.5 Å². The summed E-state index contributed by atoms with van der Waals surface area (Å²) in [7, 11) is 0. The van der Waals surface area contributed by atoms with Crippen LogP contribution in [0.3, 0.4) is 0 Å². The average Bonchev–Trinajstić information content (AvgIpc) is 3.14. The standard InChI is InChI=1S/C15H14ClN7O2/c1-9-19-14(21-23(9)12-5-3-2-4-11(12)16)15(25)20-10-6-18-22(7-10)8-13(17)24/h2-7H,8H2,1H3,(H2,17,24)(H,20,25). The molecular formula is C15H14ClN7O2. The zero-order valence-electron chi connectivity index (χ0n) is 13.2. The Bertz CT molecular complexity index is 947. The van der Waals surface area contributed by atoms with Crippen LogP contribution in [-0.2, 0) is 11.3 Å². The first-order valence-electron chi connectivity index (χ1n) is 7.24. The van der Waals surface area contributed by atoms with Crippen LogP contribution in [0.25, 0.3) is 5.69 Å². The lowest BCUT2D eigenvalue weighted by atomic mass is 10.3. The Balaban J connectivity index is 1.79. The number of aromatic nitrogens is 5. The second kappa shape index (κ2) is 6.73. The molecule has 0 saturated heterocycles. The molecule has 0 atom stereocenters. The minimum Gasteiger partial charge on any atom is -0.368 e. The van der Waals surface area contributed by atoms with Crippen molar-refractivity contribution >= 4 is 29.1 Å². The van der Waals surface area contributed by atoms with Gasteiger partial charge >= 0.3 is 0 Å².